The fourth-order valence-corrected chi connectivity index (χ4v) is 9.91. The van der Waals surface area contributed by atoms with Crippen LogP contribution in [-0.4, -0.2) is 0 Å². The van der Waals surface area contributed by atoms with E-state index in [0.29, 0.717) is 0 Å². The van der Waals surface area contributed by atoms with E-state index in [9.17, 15) is 0 Å². The molecule has 2 aliphatic rings. The number of furan rings is 2. The van der Waals surface area contributed by atoms with Crippen LogP contribution in [-0.2, 0) is 12.8 Å². The van der Waals surface area contributed by atoms with Crippen molar-refractivity contribution in [3.8, 4) is 22.3 Å². The minimum absolute atomic E-state index is 0.863. The van der Waals surface area contributed by atoms with Crippen LogP contribution in [0.25, 0.3) is 115 Å². The smallest absolute Gasteiger partial charge is 0.144 e. The van der Waals surface area contributed by atoms with Gasteiger partial charge in [-0.3, -0.25) is 0 Å². The van der Waals surface area contributed by atoms with Crippen LogP contribution in [0.4, 0.5) is 0 Å². The first kappa shape index (κ1) is 27.1. The Hall–Kier alpha value is -6.64. The molecule has 2 nitrogen and oxygen atoms in total. The van der Waals surface area contributed by atoms with Gasteiger partial charge in [-0.1, -0.05) is 127 Å². The predicted molar refractivity (Wildman–Crippen MR) is 218 cm³/mol. The highest BCUT2D eigenvalue weighted by Gasteiger charge is 2.31. The van der Waals surface area contributed by atoms with Crippen molar-refractivity contribution in [3.05, 3.63) is 162 Å². The Balaban J connectivity index is 1.28. The van der Waals surface area contributed by atoms with Gasteiger partial charge in [-0.2, -0.15) is 0 Å². The normalized spacial score (nSPS) is 14.0. The van der Waals surface area contributed by atoms with Gasteiger partial charge in [0.2, 0.25) is 0 Å². The highest BCUT2D eigenvalue weighted by atomic mass is 16.3. The molecule has 2 heteroatoms. The molecule has 0 saturated carbocycles. The van der Waals surface area contributed by atoms with Gasteiger partial charge in [0.15, 0.2) is 0 Å². The number of rotatable bonds is 2. The minimum Gasteiger partial charge on any atom is -0.455 e. The number of hydrogen-bond donors (Lipinski definition) is 0. The van der Waals surface area contributed by atoms with Crippen LogP contribution in [0.3, 0.4) is 0 Å². The molecule has 11 aromatic rings. The lowest BCUT2D eigenvalue weighted by Gasteiger charge is -2.26. The van der Waals surface area contributed by atoms with Crippen LogP contribution in [0.5, 0.6) is 0 Å². The second kappa shape index (κ2) is 9.57. The quantitative estimate of drug-likeness (QED) is 0.173. The van der Waals surface area contributed by atoms with Crippen molar-refractivity contribution in [1.82, 2.24) is 0 Å². The summed E-state index contributed by atoms with van der Waals surface area (Å²) in [4.78, 5) is 0. The third-order valence-corrected chi connectivity index (χ3v) is 12.0. The molecule has 52 heavy (non-hydrogen) atoms. The summed E-state index contributed by atoms with van der Waals surface area (Å²) in [6.45, 7) is 0. The van der Waals surface area contributed by atoms with E-state index >= 15 is 0 Å². The molecule has 0 atom stereocenters. The first-order chi connectivity index (χ1) is 25.8. The van der Waals surface area contributed by atoms with Crippen LogP contribution in [0.1, 0.15) is 16.7 Å². The summed E-state index contributed by atoms with van der Waals surface area (Å²) in [7, 11) is 0. The van der Waals surface area contributed by atoms with Crippen molar-refractivity contribution in [1.29, 1.82) is 0 Å². The van der Waals surface area contributed by atoms with E-state index in [0.717, 1.165) is 73.4 Å². The van der Waals surface area contributed by atoms with Crippen molar-refractivity contribution in [2.45, 2.75) is 12.8 Å². The summed E-state index contributed by atoms with van der Waals surface area (Å²) < 4.78 is 14.3. The van der Waals surface area contributed by atoms with Crippen LogP contribution < -0.4 is 0 Å². The van der Waals surface area contributed by atoms with E-state index in [4.69, 9.17) is 8.83 Å². The van der Waals surface area contributed by atoms with E-state index in [1.54, 1.807) is 0 Å². The van der Waals surface area contributed by atoms with Crippen LogP contribution in [0.2, 0.25) is 0 Å². The Morgan fingerprint density at radius 3 is 1.83 bits per heavy atom. The number of para-hydroxylation sites is 2. The van der Waals surface area contributed by atoms with Crippen LogP contribution >= 0.6 is 0 Å². The number of allylic oxidation sites excluding steroid dienone is 4. The molecule has 0 aliphatic heterocycles. The zero-order valence-electron chi connectivity index (χ0n) is 28.1. The maximum Gasteiger partial charge on any atom is 0.144 e. The van der Waals surface area contributed by atoms with Gasteiger partial charge in [-0.05, 0) is 108 Å². The Bertz CT molecular complexity index is 3430. The molecule has 0 radical (unpaired) electrons. The lowest BCUT2D eigenvalue weighted by Crippen LogP contribution is -2.06. The fourth-order valence-electron chi connectivity index (χ4n) is 9.91. The second-order valence-electron chi connectivity index (χ2n) is 14.6. The van der Waals surface area contributed by atoms with E-state index in [-0.39, 0.29) is 0 Å². The maximum atomic E-state index is 7.15. The largest absolute Gasteiger partial charge is 0.455 e. The topological polar surface area (TPSA) is 26.3 Å². The highest BCUT2D eigenvalue weighted by Crippen LogP contribution is 2.54. The molecule has 0 unspecified atom stereocenters. The predicted octanol–water partition coefficient (Wildman–Crippen LogP) is 13.9. The zero-order chi connectivity index (χ0) is 33.7. The molecule has 0 N–H and O–H groups in total. The van der Waals surface area contributed by atoms with E-state index < -0.39 is 0 Å². The van der Waals surface area contributed by atoms with Gasteiger partial charge in [-0.25, -0.2) is 0 Å². The summed E-state index contributed by atoms with van der Waals surface area (Å²) in [6.07, 6.45) is 8.87. The Labute approximate surface area is 297 Å². The maximum absolute atomic E-state index is 7.15. The van der Waals surface area contributed by atoms with E-state index in [1.165, 1.54) is 70.9 Å². The van der Waals surface area contributed by atoms with Crippen molar-refractivity contribution < 1.29 is 8.83 Å². The van der Waals surface area contributed by atoms with Gasteiger partial charge in [0.1, 0.15) is 22.3 Å². The molecule has 2 aliphatic carbocycles. The first-order valence-electron chi connectivity index (χ1n) is 18.2. The fraction of sp³-hybridized carbons (Fsp3) is 0.0400. The molecular weight excluding hydrogens is 633 g/mol. The molecule has 0 amide bonds. The van der Waals surface area contributed by atoms with Crippen molar-refractivity contribution in [2.75, 3.05) is 0 Å². The average molecular weight is 661 g/mol. The molecule has 0 spiro atoms. The monoisotopic (exact) mass is 660 g/mol. The molecule has 0 saturated heterocycles. The van der Waals surface area contributed by atoms with Crippen molar-refractivity contribution >= 4 is 92.5 Å². The molecular formula is C50H28O2. The summed E-state index contributed by atoms with van der Waals surface area (Å²) >= 11 is 0. The van der Waals surface area contributed by atoms with Crippen molar-refractivity contribution in [3.63, 3.8) is 0 Å². The summed E-state index contributed by atoms with van der Waals surface area (Å²) in [6, 6.07) is 46.6. The van der Waals surface area contributed by atoms with Crippen LogP contribution in [0.15, 0.2) is 154 Å². The highest BCUT2D eigenvalue weighted by molar-refractivity contribution is 6.34. The number of benzene rings is 9. The molecule has 2 aromatic heterocycles. The summed E-state index contributed by atoms with van der Waals surface area (Å²) in [5, 5.41) is 14.7. The Morgan fingerprint density at radius 2 is 1.06 bits per heavy atom. The van der Waals surface area contributed by atoms with Gasteiger partial charge in [-0.15, -0.1) is 0 Å². The summed E-state index contributed by atoms with van der Waals surface area (Å²) in [5.41, 5.74) is 13.6. The van der Waals surface area contributed by atoms with E-state index in [1.807, 2.05) is 0 Å². The summed E-state index contributed by atoms with van der Waals surface area (Å²) in [5.74, 6) is 0. The molecule has 240 valence electrons. The lowest BCUT2D eigenvalue weighted by molar-refractivity contribution is 0.665. The van der Waals surface area contributed by atoms with Gasteiger partial charge in [0, 0.05) is 32.7 Å². The first-order valence-corrected chi connectivity index (χ1v) is 18.2. The third kappa shape index (κ3) is 3.31. The van der Waals surface area contributed by atoms with Gasteiger partial charge < -0.3 is 8.83 Å². The number of fused-ring (bicyclic) bond motifs is 6. The molecule has 13 rings (SSSR count). The molecule has 9 aromatic carbocycles. The van der Waals surface area contributed by atoms with Gasteiger partial charge >= 0.3 is 0 Å². The standard InChI is InChI=1S/C50H28O2/c1-3-16-39-36(13-1)46-45(35-25-23-31-21-19-27-8-5-9-29-22-24-34(35)44(31)41(27)29)49-47(37-14-2-4-17-40(37)51-49)48(50(46)52-39)38-26-32-12-6-10-28-18-20-30-11-7-15-33(38)43(30)42(28)32/h1-14,16-17,19-26H,15,18H2. The Kier molecular flexibility index (Phi) is 4.99. The number of hydrogen-bond acceptors (Lipinski definition) is 2. The average Bonchev–Trinajstić information content (AvgIpc) is 3.77. The molecule has 0 fully saturated rings. The zero-order valence-corrected chi connectivity index (χ0v) is 28.1. The van der Waals surface area contributed by atoms with Crippen LogP contribution in [0, 0.1) is 0 Å². The SMILES string of the molecule is C1=CC2=CCc3cccc4cc(-c5c6oc7ccccc7c6c(-c6ccc7ccc8cccc9ccc6c7c89)c6oc7ccccc7c56)c(c2c34)C1. The molecule has 0 bridgehead atoms. The lowest BCUT2D eigenvalue weighted by atomic mass is 9.77. The molecule has 2 heterocycles. The minimum atomic E-state index is 0.863. The van der Waals surface area contributed by atoms with Gasteiger partial charge in [0.05, 0.1) is 0 Å². The third-order valence-electron chi connectivity index (χ3n) is 12.0. The Morgan fingerprint density at radius 1 is 0.423 bits per heavy atom. The second-order valence-corrected chi connectivity index (χ2v) is 14.6. The van der Waals surface area contributed by atoms with Crippen molar-refractivity contribution in [2.24, 2.45) is 0 Å². The van der Waals surface area contributed by atoms with Gasteiger partial charge in [0.25, 0.3) is 0 Å². The van der Waals surface area contributed by atoms with E-state index in [2.05, 4.69) is 146 Å².